The zero-order valence-corrected chi connectivity index (χ0v) is 10.9. The summed E-state index contributed by atoms with van der Waals surface area (Å²) >= 11 is 3.05. The van der Waals surface area contributed by atoms with E-state index in [0.717, 1.165) is 0 Å². The van der Waals surface area contributed by atoms with Crippen LogP contribution in [-0.4, -0.2) is 17.7 Å². The van der Waals surface area contributed by atoms with Gasteiger partial charge < -0.3 is 9.73 Å². The van der Waals surface area contributed by atoms with E-state index in [1.54, 1.807) is 19.9 Å². The number of hydrogen-bond acceptors (Lipinski definition) is 4. The minimum Gasteiger partial charge on any atom is -0.446 e. The van der Waals surface area contributed by atoms with E-state index in [-0.39, 0.29) is 11.8 Å². The Hall–Kier alpha value is -1.61. The van der Waals surface area contributed by atoms with Gasteiger partial charge in [-0.05, 0) is 41.9 Å². The molecule has 0 bridgehead atoms. The van der Waals surface area contributed by atoms with Crippen molar-refractivity contribution in [2.24, 2.45) is 5.92 Å². The quantitative estimate of drug-likeness (QED) is 0.679. The smallest absolute Gasteiger partial charge is 0.245 e. The second-order valence-corrected chi connectivity index (χ2v) is 4.47. The van der Waals surface area contributed by atoms with Crippen molar-refractivity contribution in [1.29, 1.82) is 5.26 Å². The summed E-state index contributed by atoms with van der Waals surface area (Å²) in [6.45, 7) is 3.50. The number of Topliss-reactive ketones (excluding diaryl/α,β-unsaturated/α-hetero) is 1. The molecule has 0 aliphatic rings. The molecule has 1 N–H and O–H groups in total. The van der Waals surface area contributed by atoms with Gasteiger partial charge in [0.15, 0.2) is 16.3 Å². The fourth-order valence-corrected chi connectivity index (χ4v) is 1.50. The Bertz CT molecular complexity index is 473. The van der Waals surface area contributed by atoms with E-state index in [4.69, 9.17) is 9.68 Å². The molecule has 1 atom stereocenters. The molecule has 0 aliphatic carbocycles. The van der Waals surface area contributed by atoms with Crippen molar-refractivity contribution in [2.45, 2.75) is 19.9 Å². The molecule has 0 fully saturated rings. The average molecular weight is 299 g/mol. The maximum absolute atomic E-state index is 11.8. The molecule has 6 heteroatoms. The van der Waals surface area contributed by atoms with Crippen molar-refractivity contribution in [3.8, 4) is 6.07 Å². The lowest BCUT2D eigenvalue weighted by molar-refractivity contribution is -0.122. The number of nitrogens with one attached hydrogen (secondary N) is 1. The van der Waals surface area contributed by atoms with Crippen LogP contribution in [0.2, 0.25) is 0 Å². The van der Waals surface area contributed by atoms with Gasteiger partial charge >= 0.3 is 0 Å². The van der Waals surface area contributed by atoms with E-state index in [9.17, 15) is 9.59 Å². The molecule has 0 radical (unpaired) electrons. The van der Waals surface area contributed by atoms with Crippen molar-refractivity contribution >= 4 is 27.6 Å². The van der Waals surface area contributed by atoms with Gasteiger partial charge in [-0.25, -0.2) is 0 Å². The minimum absolute atomic E-state index is 0.0117. The number of amides is 1. The number of hydrogen-bond donors (Lipinski definition) is 1. The van der Waals surface area contributed by atoms with Crippen LogP contribution in [0.5, 0.6) is 0 Å². The zero-order valence-electron chi connectivity index (χ0n) is 9.36. The normalized spacial score (nSPS) is 11.9. The number of nitriles is 1. The van der Waals surface area contributed by atoms with E-state index in [2.05, 4.69) is 21.2 Å². The third-order valence-electron chi connectivity index (χ3n) is 1.90. The Labute approximate surface area is 107 Å². The number of carbonyl (C=O) groups is 2. The number of rotatable bonds is 4. The summed E-state index contributed by atoms with van der Waals surface area (Å²) in [6.07, 6.45) is 0. The van der Waals surface area contributed by atoms with E-state index in [1.165, 1.54) is 12.1 Å². The summed E-state index contributed by atoms with van der Waals surface area (Å²) in [4.78, 5) is 23.4. The van der Waals surface area contributed by atoms with Gasteiger partial charge in [0.2, 0.25) is 11.7 Å². The van der Waals surface area contributed by atoms with Crippen LogP contribution < -0.4 is 5.32 Å². The minimum atomic E-state index is -1.38. The highest BCUT2D eigenvalue weighted by atomic mass is 79.9. The first-order valence-electron chi connectivity index (χ1n) is 4.95. The number of nitrogens with zero attached hydrogens (tertiary/aromatic N) is 1. The summed E-state index contributed by atoms with van der Waals surface area (Å²) in [5.41, 5.74) is 0. The standard InChI is InChI=1S/C11H11BrN2O3/c1-6(2)14-11(16)7(5-13)10(15)8-3-4-9(12)17-8/h3-4,6-7H,1-2H3,(H,14,16). The predicted molar refractivity (Wildman–Crippen MR) is 63.1 cm³/mol. The van der Waals surface area contributed by atoms with Crippen LogP contribution >= 0.6 is 15.9 Å². The summed E-state index contributed by atoms with van der Waals surface area (Å²) in [5.74, 6) is -2.64. The molecule has 1 amide bonds. The fraction of sp³-hybridized carbons (Fsp3) is 0.364. The molecule has 1 aromatic heterocycles. The third kappa shape index (κ3) is 3.43. The lowest BCUT2D eigenvalue weighted by Gasteiger charge is -2.10. The summed E-state index contributed by atoms with van der Waals surface area (Å²) in [5, 5.41) is 11.4. The van der Waals surface area contributed by atoms with E-state index in [1.807, 2.05) is 0 Å². The van der Waals surface area contributed by atoms with E-state index >= 15 is 0 Å². The number of ketones is 1. The van der Waals surface area contributed by atoms with Gasteiger partial charge in [-0.3, -0.25) is 9.59 Å². The Morgan fingerprint density at radius 3 is 2.53 bits per heavy atom. The number of carbonyl (C=O) groups excluding carboxylic acids is 2. The molecule has 1 rings (SSSR count). The molecular weight excluding hydrogens is 288 g/mol. The molecule has 0 spiro atoms. The molecule has 1 unspecified atom stereocenters. The van der Waals surface area contributed by atoms with Gasteiger partial charge in [-0.1, -0.05) is 0 Å². The number of furan rings is 1. The molecule has 0 saturated carbocycles. The van der Waals surface area contributed by atoms with Crippen molar-refractivity contribution < 1.29 is 14.0 Å². The molecule has 17 heavy (non-hydrogen) atoms. The second kappa shape index (κ2) is 5.64. The van der Waals surface area contributed by atoms with Crippen LogP contribution in [-0.2, 0) is 4.79 Å². The van der Waals surface area contributed by atoms with Crippen LogP contribution in [0.4, 0.5) is 0 Å². The second-order valence-electron chi connectivity index (χ2n) is 3.69. The first kappa shape index (κ1) is 13.5. The molecule has 90 valence electrons. The molecule has 1 aromatic rings. The fourth-order valence-electron chi connectivity index (χ4n) is 1.19. The van der Waals surface area contributed by atoms with Crippen LogP contribution in [0.15, 0.2) is 21.2 Å². The molecule has 0 aliphatic heterocycles. The van der Waals surface area contributed by atoms with E-state index < -0.39 is 17.6 Å². The Balaban J connectivity index is 2.85. The van der Waals surface area contributed by atoms with Crippen molar-refractivity contribution in [1.82, 2.24) is 5.32 Å². The van der Waals surface area contributed by atoms with Crippen LogP contribution in [0, 0.1) is 17.2 Å². The Morgan fingerprint density at radius 1 is 1.47 bits per heavy atom. The lowest BCUT2D eigenvalue weighted by Crippen LogP contribution is -2.38. The van der Waals surface area contributed by atoms with Gasteiger partial charge in [-0.15, -0.1) is 0 Å². The van der Waals surface area contributed by atoms with Crippen molar-refractivity contribution in [2.75, 3.05) is 0 Å². The maximum atomic E-state index is 11.8. The monoisotopic (exact) mass is 298 g/mol. The highest BCUT2D eigenvalue weighted by molar-refractivity contribution is 9.10. The lowest BCUT2D eigenvalue weighted by atomic mass is 10.0. The summed E-state index contributed by atoms with van der Waals surface area (Å²) in [7, 11) is 0. The maximum Gasteiger partial charge on any atom is 0.245 e. The number of halogens is 1. The summed E-state index contributed by atoms with van der Waals surface area (Å²) in [6, 6.07) is 4.49. The first-order chi connectivity index (χ1) is 7.95. The molecule has 1 heterocycles. The first-order valence-corrected chi connectivity index (χ1v) is 5.74. The van der Waals surface area contributed by atoms with Crippen LogP contribution in [0.1, 0.15) is 24.4 Å². The molecular formula is C11H11BrN2O3. The van der Waals surface area contributed by atoms with Gasteiger partial charge in [0.05, 0.1) is 6.07 Å². The highest BCUT2D eigenvalue weighted by Crippen LogP contribution is 2.17. The SMILES string of the molecule is CC(C)NC(=O)C(C#N)C(=O)c1ccc(Br)o1. The third-order valence-corrected chi connectivity index (χ3v) is 2.33. The molecule has 0 aromatic carbocycles. The predicted octanol–water partition coefficient (Wildman–Crippen LogP) is 1.89. The summed E-state index contributed by atoms with van der Waals surface area (Å²) < 4.78 is 5.40. The van der Waals surface area contributed by atoms with Crippen LogP contribution in [0.25, 0.3) is 0 Å². The average Bonchev–Trinajstić information content (AvgIpc) is 2.64. The molecule has 5 nitrogen and oxygen atoms in total. The Kier molecular flexibility index (Phi) is 4.46. The van der Waals surface area contributed by atoms with Crippen LogP contribution in [0.3, 0.4) is 0 Å². The van der Waals surface area contributed by atoms with Gasteiger partial charge in [0.25, 0.3) is 0 Å². The topological polar surface area (TPSA) is 83.1 Å². The largest absolute Gasteiger partial charge is 0.446 e. The van der Waals surface area contributed by atoms with E-state index in [0.29, 0.717) is 4.67 Å². The van der Waals surface area contributed by atoms with Crippen molar-refractivity contribution in [3.05, 3.63) is 22.6 Å². The Morgan fingerprint density at radius 2 is 2.12 bits per heavy atom. The highest BCUT2D eigenvalue weighted by Gasteiger charge is 2.29. The van der Waals surface area contributed by atoms with Gasteiger partial charge in [0, 0.05) is 6.04 Å². The van der Waals surface area contributed by atoms with Gasteiger partial charge in [0.1, 0.15) is 0 Å². The van der Waals surface area contributed by atoms with Gasteiger partial charge in [-0.2, -0.15) is 5.26 Å². The zero-order chi connectivity index (χ0) is 13.0. The molecule has 0 saturated heterocycles. The van der Waals surface area contributed by atoms with Crippen molar-refractivity contribution in [3.63, 3.8) is 0 Å².